The molecule has 0 unspecified atom stereocenters. The van der Waals surface area contributed by atoms with Crippen LogP contribution in [0.1, 0.15) is 36.6 Å². The van der Waals surface area contributed by atoms with E-state index in [4.69, 9.17) is 5.11 Å². The molecular weight excluding hydrogens is 401 g/mol. The van der Waals surface area contributed by atoms with Crippen molar-refractivity contribution in [3.05, 3.63) is 77.0 Å². The highest BCUT2D eigenvalue weighted by molar-refractivity contribution is 6.22. The fourth-order valence-corrected chi connectivity index (χ4v) is 3.10. The smallest absolute Gasteiger partial charge is 0.395 e. The monoisotopic (exact) mass is 418 g/mol. The summed E-state index contributed by atoms with van der Waals surface area (Å²) >= 11 is 0. The summed E-state index contributed by atoms with van der Waals surface area (Å²) in [5.74, 6) is -2.02. The quantitative estimate of drug-likeness (QED) is 0.756. The maximum atomic E-state index is 13.0. The number of carbonyl (C=O) groups is 3. The van der Waals surface area contributed by atoms with E-state index in [-0.39, 0.29) is 35.0 Å². The molecule has 0 spiro atoms. The van der Waals surface area contributed by atoms with E-state index in [2.05, 4.69) is 0 Å². The van der Waals surface area contributed by atoms with Gasteiger partial charge in [0.1, 0.15) is 0 Å². The number of alkyl halides is 3. The van der Waals surface area contributed by atoms with Crippen LogP contribution in [0.15, 0.2) is 54.7 Å². The number of hydrogen-bond acceptors (Lipinski definition) is 4. The van der Waals surface area contributed by atoms with E-state index >= 15 is 0 Å². The lowest BCUT2D eigenvalue weighted by Crippen LogP contribution is -2.32. The number of carbonyl (C=O) groups excluding carboxylic acids is 3. The van der Waals surface area contributed by atoms with Crippen LogP contribution in [-0.2, 0) is 0 Å². The van der Waals surface area contributed by atoms with Crippen LogP contribution >= 0.6 is 0 Å². The summed E-state index contributed by atoms with van der Waals surface area (Å²) < 4.78 is 38.4. The minimum atomic E-state index is -4.66. The number of nitrogens with zero attached hydrogens (tertiary/aromatic N) is 2. The van der Waals surface area contributed by atoms with Gasteiger partial charge in [-0.3, -0.25) is 24.2 Å². The second-order valence-corrected chi connectivity index (χ2v) is 6.56. The van der Waals surface area contributed by atoms with Gasteiger partial charge < -0.3 is 5.11 Å². The number of amides is 3. The van der Waals surface area contributed by atoms with Crippen molar-refractivity contribution in [2.24, 2.45) is 0 Å². The van der Waals surface area contributed by atoms with E-state index < -0.39 is 30.5 Å². The van der Waals surface area contributed by atoms with Crippen molar-refractivity contribution in [1.82, 2.24) is 4.90 Å². The first-order valence-corrected chi connectivity index (χ1v) is 8.90. The largest absolute Gasteiger partial charge is 0.411 e. The molecule has 0 atom stereocenters. The lowest BCUT2D eigenvalue weighted by Gasteiger charge is -2.20. The molecule has 156 valence electrons. The zero-order valence-corrected chi connectivity index (χ0v) is 15.8. The van der Waals surface area contributed by atoms with Gasteiger partial charge in [0, 0.05) is 23.5 Å². The Morgan fingerprint density at radius 1 is 1.10 bits per heavy atom. The van der Waals surface area contributed by atoms with Crippen molar-refractivity contribution in [3.63, 3.8) is 0 Å². The third kappa shape index (κ3) is 4.11. The van der Waals surface area contributed by atoms with Gasteiger partial charge in [-0.05, 0) is 36.8 Å². The van der Waals surface area contributed by atoms with Gasteiger partial charge in [-0.1, -0.05) is 18.2 Å². The van der Waals surface area contributed by atoms with E-state index in [1.54, 1.807) is 25.1 Å². The second-order valence-electron chi connectivity index (χ2n) is 6.56. The summed E-state index contributed by atoms with van der Waals surface area (Å²) in [4.78, 5) is 39.4. The van der Waals surface area contributed by atoms with Gasteiger partial charge in [0.2, 0.25) is 0 Å². The molecule has 3 amide bonds. The van der Waals surface area contributed by atoms with Gasteiger partial charge >= 0.3 is 6.18 Å². The highest BCUT2D eigenvalue weighted by Gasteiger charge is 2.36. The molecule has 2 aromatic carbocycles. The SMILES string of the molecule is Cc1ccccc1C(=O)N(C=CC(F)(F)F)c1ccc2c(c1)C(=O)N(CCO)C2=O. The normalized spacial score (nSPS) is 13.8. The van der Waals surface area contributed by atoms with Crippen LogP contribution in [0.25, 0.3) is 0 Å². The van der Waals surface area contributed by atoms with E-state index in [0.717, 1.165) is 9.80 Å². The molecule has 0 aromatic heterocycles. The van der Waals surface area contributed by atoms with Crippen LogP contribution in [0.2, 0.25) is 0 Å². The average Bonchev–Trinajstić information content (AvgIpc) is 2.92. The van der Waals surface area contributed by atoms with Gasteiger partial charge in [-0.2, -0.15) is 13.2 Å². The topological polar surface area (TPSA) is 77.9 Å². The van der Waals surface area contributed by atoms with E-state index in [1.165, 1.54) is 24.3 Å². The Morgan fingerprint density at radius 3 is 2.40 bits per heavy atom. The number of β-amino-alcohol motifs (C(OH)–C–C–N with tert-alkyl or cyclic N) is 1. The fraction of sp³-hybridized carbons (Fsp3) is 0.190. The zero-order valence-electron chi connectivity index (χ0n) is 15.8. The Balaban J connectivity index is 2.07. The van der Waals surface area contributed by atoms with Crippen LogP contribution in [0.3, 0.4) is 0 Å². The minimum Gasteiger partial charge on any atom is -0.395 e. The lowest BCUT2D eigenvalue weighted by molar-refractivity contribution is -0.0799. The highest BCUT2D eigenvalue weighted by atomic mass is 19.4. The van der Waals surface area contributed by atoms with E-state index in [0.29, 0.717) is 11.8 Å². The number of imide groups is 1. The summed E-state index contributed by atoms with van der Waals surface area (Å²) in [7, 11) is 0. The molecule has 0 aliphatic carbocycles. The number of rotatable bonds is 5. The summed E-state index contributed by atoms with van der Waals surface area (Å²) in [6.07, 6.45) is -4.16. The molecule has 30 heavy (non-hydrogen) atoms. The third-order valence-corrected chi connectivity index (χ3v) is 4.56. The van der Waals surface area contributed by atoms with Crippen molar-refractivity contribution in [2.75, 3.05) is 18.1 Å². The van der Waals surface area contributed by atoms with E-state index in [9.17, 15) is 27.6 Å². The molecule has 2 aromatic rings. The second kappa shape index (κ2) is 8.11. The standard InChI is InChI=1S/C21H17F3N2O4/c1-13-4-2-3-5-15(13)18(28)25(9-8-21(22,23)24)14-6-7-16-17(12-14)20(30)26(10-11-27)19(16)29/h2-9,12,27H,10-11H2,1H3. The number of aliphatic hydroxyl groups excluding tert-OH is 1. The number of hydrogen-bond donors (Lipinski definition) is 1. The minimum absolute atomic E-state index is 0.00509. The maximum Gasteiger partial charge on any atom is 0.411 e. The third-order valence-electron chi connectivity index (χ3n) is 4.56. The molecule has 0 saturated carbocycles. The number of aliphatic hydroxyl groups is 1. The molecule has 1 N–H and O–H groups in total. The van der Waals surface area contributed by atoms with Gasteiger partial charge in [0.15, 0.2) is 0 Å². The Morgan fingerprint density at radius 2 is 1.77 bits per heavy atom. The molecule has 0 fully saturated rings. The number of anilines is 1. The first kappa shape index (κ1) is 21.3. The molecule has 3 rings (SSSR count). The average molecular weight is 418 g/mol. The summed E-state index contributed by atoms with van der Waals surface area (Å²) in [6, 6.07) is 10.2. The van der Waals surface area contributed by atoms with Crippen molar-refractivity contribution < 1.29 is 32.7 Å². The number of halogens is 3. The van der Waals surface area contributed by atoms with Crippen LogP contribution in [0.4, 0.5) is 18.9 Å². The van der Waals surface area contributed by atoms with Gasteiger partial charge in [-0.25, -0.2) is 0 Å². The Bertz CT molecular complexity index is 1050. The van der Waals surface area contributed by atoms with Crippen molar-refractivity contribution in [3.8, 4) is 0 Å². The predicted octanol–water partition coefficient (Wildman–Crippen LogP) is 3.31. The number of aryl methyl sites for hydroxylation is 1. The van der Waals surface area contributed by atoms with Gasteiger partial charge in [-0.15, -0.1) is 0 Å². The number of fused-ring (bicyclic) bond motifs is 1. The molecule has 9 heteroatoms. The molecule has 1 aliphatic heterocycles. The van der Waals surface area contributed by atoms with Crippen LogP contribution in [0, 0.1) is 6.92 Å². The van der Waals surface area contributed by atoms with Crippen LogP contribution in [0.5, 0.6) is 0 Å². The highest BCUT2D eigenvalue weighted by Crippen LogP contribution is 2.29. The zero-order chi connectivity index (χ0) is 22.1. The van der Waals surface area contributed by atoms with Gasteiger partial charge in [0.25, 0.3) is 17.7 Å². The molecule has 6 nitrogen and oxygen atoms in total. The maximum absolute atomic E-state index is 13.0. The Hall–Kier alpha value is -3.46. The van der Waals surface area contributed by atoms with Crippen molar-refractivity contribution >= 4 is 23.4 Å². The first-order valence-electron chi connectivity index (χ1n) is 8.90. The first-order chi connectivity index (χ1) is 14.1. The van der Waals surface area contributed by atoms with E-state index in [1.807, 2.05) is 0 Å². The summed E-state index contributed by atoms with van der Waals surface area (Å²) in [5.41, 5.74) is 0.757. The Kier molecular flexibility index (Phi) is 5.75. The van der Waals surface area contributed by atoms with Gasteiger partial charge in [0.05, 0.1) is 24.3 Å². The molecular formula is C21H17F3N2O4. The van der Waals surface area contributed by atoms with Crippen LogP contribution < -0.4 is 4.90 Å². The molecule has 0 bridgehead atoms. The Labute approximate surface area is 169 Å². The summed E-state index contributed by atoms with van der Waals surface area (Å²) in [5, 5.41) is 9.04. The van der Waals surface area contributed by atoms with Crippen molar-refractivity contribution in [2.45, 2.75) is 13.1 Å². The fourth-order valence-electron chi connectivity index (χ4n) is 3.10. The number of benzene rings is 2. The molecule has 1 aliphatic rings. The lowest BCUT2D eigenvalue weighted by atomic mass is 10.1. The number of allylic oxidation sites excluding steroid dienone is 1. The predicted molar refractivity (Wildman–Crippen MR) is 102 cm³/mol. The molecule has 0 radical (unpaired) electrons. The van der Waals surface area contributed by atoms with Crippen LogP contribution in [-0.4, -0.2) is 47.1 Å². The molecule has 0 saturated heterocycles. The molecule has 1 heterocycles. The summed E-state index contributed by atoms with van der Waals surface area (Å²) in [6.45, 7) is 1.02. The van der Waals surface area contributed by atoms with Crippen molar-refractivity contribution in [1.29, 1.82) is 0 Å².